The average molecular weight is 584 g/mol. The first-order valence-electron chi connectivity index (χ1n) is 11.2. The highest BCUT2D eigenvalue weighted by atomic mass is 35.5. The van der Waals surface area contributed by atoms with Gasteiger partial charge in [-0.2, -0.15) is 0 Å². The fourth-order valence-electron chi connectivity index (χ4n) is 3.48. The molecule has 0 saturated carbocycles. The summed E-state index contributed by atoms with van der Waals surface area (Å²) in [6, 6.07) is 10.2. The van der Waals surface area contributed by atoms with Gasteiger partial charge in [0.1, 0.15) is 0 Å². The van der Waals surface area contributed by atoms with Gasteiger partial charge in [0.25, 0.3) is 0 Å². The number of para-hydroxylation sites is 1. The highest BCUT2D eigenvalue weighted by Gasteiger charge is 2.41. The van der Waals surface area contributed by atoms with Crippen molar-refractivity contribution in [1.29, 1.82) is 0 Å². The van der Waals surface area contributed by atoms with Crippen molar-refractivity contribution in [2.75, 3.05) is 21.0 Å². The fraction of sp³-hybridized carbons (Fsp3) is 0.280. The van der Waals surface area contributed by atoms with E-state index in [1.54, 1.807) is 61.7 Å². The number of halogens is 1. The summed E-state index contributed by atoms with van der Waals surface area (Å²) in [6.45, 7) is 2.32. The minimum absolute atomic E-state index is 0.230. The van der Waals surface area contributed by atoms with Crippen molar-refractivity contribution in [3.8, 4) is 11.5 Å². The topological polar surface area (TPSA) is 130 Å². The van der Waals surface area contributed by atoms with E-state index in [0.29, 0.717) is 27.5 Å². The number of hydrogen-bond acceptors (Lipinski definition) is 9. The molecule has 0 fully saturated rings. The number of thiophene rings is 1. The molecule has 1 heterocycles. The number of hydrogen-bond donors (Lipinski definition) is 2. The fourth-order valence-corrected chi connectivity index (χ4v) is 6.01. The number of carbonyl (C=O) groups is 2. The average Bonchev–Trinajstić information content (AvgIpc) is 3.25. The molecule has 1 amide bonds. The molecule has 13 heteroatoms. The van der Waals surface area contributed by atoms with E-state index in [1.807, 2.05) is 0 Å². The van der Waals surface area contributed by atoms with Crippen LogP contribution in [0.25, 0.3) is 16.2 Å². The third-order valence-corrected chi connectivity index (χ3v) is 7.96. The second-order valence-corrected chi connectivity index (χ2v) is 11.3. The number of carbonyl (C=O) groups excluding carboxylic acids is 2. The quantitative estimate of drug-likeness (QED) is 0.156. The molecule has 0 aliphatic heterocycles. The van der Waals surface area contributed by atoms with Gasteiger partial charge in [-0.15, -0.1) is 11.3 Å². The van der Waals surface area contributed by atoms with E-state index in [0.717, 1.165) is 4.70 Å². The Morgan fingerprint density at radius 1 is 1.18 bits per heavy atom. The Morgan fingerprint density at radius 2 is 1.95 bits per heavy atom. The Labute approximate surface area is 228 Å². The Balaban J connectivity index is 1.89. The molecule has 2 atom stereocenters. The number of ether oxygens (including phenoxy) is 4. The highest BCUT2D eigenvalue weighted by molar-refractivity contribution is 7.54. The lowest BCUT2D eigenvalue weighted by Crippen LogP contribution is -2.26. The smallest absolute Gasteiger partial charge is 0.493 e. The normalized spacial score (nSPS) is 13.8. The molecule has 3 aromatic rings. The zero-order chi connectivity index (χ0) is 27.9. The number of methoxy groups -OCH3 is 2. The van der Waals surface area contributed by atoms with Crippen molar-refractivity contribution >= 4 is 58.8 Å². The van der Waals surface area contributed by atoms with E-state index in [1.165, 1.54) is 31.8 Å². The minimum Gasteiger partial charge on any atom is -0.493 e. The molecular weight excluding hydrogens is 557 g/mol. The number of rotatable bonds is 11. The molecule has 0 saturated heterocycles. The first-order valence-corrected chi connectivity index (χ1v) is 14.1. The Kier molecular flexibility index (Phi) is 10.2. The summed E-state index contributed by atoms with van der Waals surface area (Å²) in [5.41, 5.74) is -0.846. The van der Waals surface area contributed by atoms with Crippen LogP contribution in [-0.2, 0) is 23.4 Å². The third kappa shape index (κ3) is 7.27. The van der Waals surface area contributed by atoms with Crippen molar-refractivity contribution in [1.82, 2.24) is 5.32 Å². The van der Waals surface area contributed by atoms with Gasteiger partial charge in [-0.3, -0.25) is 13.9 Å². The maximum atomic E-state index is 13.4. The van der Waals surface area contributed by atoms with Gasteiger partial charge in [0.15, 0.2) is 17.2 Å². The van der Waals surface area contributed by atoms with E-state index in [2.05, 4.69) is 5.32 Å². The molecule has 38 heavy (non-hydrogen) atoms. The van der Waals surface area contributed by atoms with Crippen molar-refractivity contribution in [3.63, 3.8) is 0 Å². The van der Waals surface area contributed by atoms with Crippen LogP contribution in [-0.4, -0.2) is 44.1 Å². The summed E-state index contributed by atoms with van der Waals surface area (Å²) in [5, 5.41) is 5.01. The minimum atomic E-state index is -4.76. The summed E-state index contributed by atoms with van der Waals surface area (Å²) in [5.74, 6) is 0.0974. The molecule has 2 N–H and O–H groups in total. The summed E-state index contributed by atoms with van der Waals surface area (Å²) in [4.78, 5) is 35.8. The molecule has 10 nitrogen and oxygen atoms in total. The van der Waals surface area contributed by atoms with E-state index < -0.39 is 38.2 Å². The summed E-state index contributed by atoms with van der Waals surface area (Å²) >= 11 is 7.42. The molecule has 204 valence electrons. The van der Waals surface area contributed by atoms with Gasteiger partial charge < -0.3 is 29.2 Å². The van der Waals surface area contributed by atoms with E-state index in [-0.39, 0.29) is 5.56 Å². The van der Waals surface area contributed by atoms with Crippen molar-refractivity contribution in [3.05, 3.63) is 64.1 Å². The first-order chi connectivity index (χ1) is 18.1. The van der Waals surface area contributed by atoms with Gasteiger partial charge in [0.2, 0.25) is 12.7 Å². The first kappa shape index (κ1) is 29.5. The van der Waals surface area contributed by atoms with E-state index in [4.69, 9.17) is 35.1 Å². The SMILES string of the molecule is COc1cccc(/C=C/NC(=O)C(c2csc3ccc(Cl)cc23)P(=O)(O)OCOC(=O)OC(C)C)c1OC. The van der Waals surface area contributed by atoms with Gasteiger partial charge in [-0.05, 0) is 60.5 Å². The van der Waals surface area contributed by atoms with Crippen molar-refractivity contribution < 1.29 is 42.5 Å². The number of amides is 1. The maximum absolute atomic E-state index is 13.4. The van der Waals surface area contributed by atoms with Crippen LogP contribution in [0.2, 0.25) is 5.02 Å². The largest absolute Gasteiger partial charge is 0.510 e. The van der Waals surface area contributed by atoms with Gasteiger partial charge in [-0.1, -0.05) is 23.7 Å². The molecule has 3 rings (SSSR count). The Bertz CT molecular complexity index is 1370. The molecule has 0 bridgehead atoms. The van der Waals surface area contributed by atoms with Crippen LogP contribution in [0, 0.1) is 0 Å². The van der Waals surface area contributed by atoms with E-state index >= 15 is 0 Å². The van der Waals surface area contributed by atoms with Crippen LogP contribution in [0.15, 0.2) is 48.0 Å². The van der Waals surface area contributed by atoms with Gasteiger partial charge in [-0.25, -0.2) is 4.79 Å². The summed E-state index contributed by atoms with van der Waals surface area (Å²) < 4.78 is 39.3. The molecule has 2 aromatic carbocycles. The second-order valence-electron chi connectivity index (χ2n) is 8.03. The molecule has 0 aliphatic rings. The molecule has 0 radical (unpaired) electrons. The molecule has 0 spiro atoms. The van der Waals surface area contributed by atoms with Crippen molar-refractivity contribution in [2.24, 2.45) is 0 Å². The van der Waals surface area contributed by atoms with Crippen LogP contribution < -0.4 is 14.8 Å². The lowest BCUT2D eigenvalue weighted by molar-refractivity contribution is -0.120. The lowest BCUT2D eigenvalue weighted by atomic mass is 10.1. The van der Waals surface area contributed by atoms with E-state index in [9.17, 15) is 19.0 Å². The van der Waals surface area contributed by atoms with Crippen LogP contribution in [0.1, 0.15) is 30.6 Å². The zero-order valence-electron chi connectivity index (χ0n) is 21.0. The number of nitrogens with one attached hydrogen (secondary N) is 1. The Hall–Kier alpha value is -3.08. The molecule has 2 unspecified atom stereocenters. The van der Waals surface area contributed by atoms with Crippen LogP contribution >= 0.6 is 30.5 Å². The monoisotopic (exact) mass is 583 g/mol. The van der Waals surface area contributed by atoms with Gasteiger partial charge in [0.05, 0.1) is 20.3 Å². The van der Waals surface area contributed by atoms with Crippen LogP contribution in [0.4, 0.5) is 4.79 Å². The van der Waals surface area contributed by atoms with Crippen LogP contribution in [0.5, 0.6) is 11.5 Å². The van der Waals surface area contributed by atoms with Gasteiger partial charge >= 0.3 is 13.8 Å². The number of benzene rings is 2. The van der Waals surface area contributed by atoms with Crippen LogP contribution in [0.3, 0.4) is 0 Å². The summed E-state index contributed by atoms with van der Waals surface area (Å²) in [6.07, 6.45) is 1.32. The Morgan fingerprint density at radius 3 is 2.63 bits per heavy atom. The summed E-state index contributed by atoms with van der Waals surface area (Å²) in [7, 11) is -1.78. The molecular formula is C25H27ClNO9PS. The highest BCUT2D eigenvalue weighted by Crippen LogP contribution is 2.58. The predicted octanol–water partition coefficient (Wildman–Crippen LogP) is 6.12. The van der Waals surface area contributed by atoms with Gasteiger partial charge in [0, 0.05) is 21.5 Å². The third-order valence-electron chi connectivity index (χ3n) is 5.10. The maximum Gasteiger partial charge on any atom is 0.510 e. The van der Waals surface area contributed by atoms with Crippen molar-refractivity contribution in [2.45, 2.75) is 25.6 Å². The zero-order valence-corrected chi connectivity index (χ0v) is 23.5. The number of fused-ring (bicyclic) bond motifs is 1. The second kappa shape index (κ2) is 13.1. The molecule has 1 aromatic heterocycles. The molecule has 0 aliphatic carbocycles. The predicted molar refractivity (Wildman–Crippen MR) is 145 cm³/mol. The lowest BCUT2D eigenvalue weighted by Gasteiger charge is -2.21. The standard InChI is InChI=1S/C25H27ClNO9PS/c1-15(2)36-25(29)34-14-35-37(30,31)23(19-13-38-21-9-8-17(26)12-18(19)21)24(28)27-11-10-16-6-5-7-20(32-3)22(16)33-4/h5-13,15,23H,14H2,1-4H3,(H,27,28)(H,30,31)/b11-10+.